The Morgan fingerprint density at radius 3 is 2.95 bits per heavy atom. The molecule has 1 aromatic heterocycles. The Labute approximate surface area is 119 Å². The Morgan fingerprint density at radius 1 is 1.55 bits per heavy atom. The van der Waals surface area contributed by atoms with Crippen molar-refractivity contribution in [2.24, 2.45) is 10.9 Å². The second-order valence-electron chi connectivity index (χ2n) is 5.30. The normalized spacial score (nSPS) is 21.2. The number of piperazine rings is 1. The number of oxime groups is 1. The fraction of sp³-hybridized carbons (Fsp3) is 0.571. The van der Waals surface area contributed by atoms with Crippen LogP contribution in [0.15, 0.2) is 17.4 Å². The van der Waals surface area contributed by atoms with Crippen LogP contribution in [0.5, 0.6) is 0 Å². The summed E-state index contributed by atoms with van der Waals surface area (Å²) in [5, 5.41) is 12.1. The number of nitrogens with zero attached hydrogens (tertiary/aromatic N) is 4. The summed E-state index contributed by atoms with van der Waals surface area (Å²) < 4.78 is 0. The topological polar surface area (TPSA) is 78.0 Å². The summed E-state index contributed by atoms with van der Waals surface area (Å²) in [6.07, 6.45) is 2.87. The molecule has 20 heavy (non-hydrogen) atoms. The highest BCUT2D eigenvalue weighted by molar-refractivity contribution is 6.02. The molecular formula is C14H23N5O. The van der Waals surface area contributed by atoms with Crippen LogP contribution >= 0.6 is 0 Å². The van der Waals surface area contributed by atoms with E-state index in [1.54, 1.807) is 6.20 Å². The minimum atomic E-state index is 0.123. The van der Waals surface area contributed by atoms with E-state index in [4.69, 9.17) is 10.9 Å². The lowest BCUT2D eigenvalue weighted by Gasteiger charge is -2.40. The highest BCUT2D eigenvalue weighted by Gasteiger charge is 2.26. The van der Waals surface area contributed by atoms with E-state index < -0.39 is 0 Å². The smallest absolute Gasteiger partial charge is 0.174 e. The number of hydrogen-bond donors (Lipinski definition) is 2. The van der Waals surface area contributed by atoms with Crippen LogP contribution in [0.3, 0.4) is 0 Å². The van der Waals surface area contributed by atoms with E-state index in [0.29, 0.717) is 6.04 Å². The highest BCUT2D eigenvalue weighted by Crippen LogP contribution is 2.24. The Hall–Kier alpha value is -1.82. The standard InChI is InChI=1S/C14H23N5O/c1-4-11-9-19(8-7-18(11)3)14-12(13(15)17-20)10(2)5-6-16-14/h5-6,11,20H,4,7-9H2,1-3H3,(H2,15,17). The van der Waals surface area contributed by atoms with Crippen LogP contribution in [0.25, 0.3) is 0 Å². The summed E-state index contributed by atoms with van der Waals surface area (Å²) in [6.45, 7) is 6.94. The molecule has 2 heterocycles. The van der Waals surface area contributed by atoms with Gasteiger partial charge in [0, 0.05) is 31.9 Å². The first-order valence-corrected chi connectivity index (χ1v) is 6.97. The zero-order chi connectivity index (χ0) is 14.7. The molecule has 1 aromatic rings. The summed E-state index contributed by atoms with van der Waals surface area (Å²) in [7, 11) is 2.15. The van der Waals surface area contributed by atoms with Crippen molar-refractivity contribution < 1.29 is 5.21 Å². The summed E-state index contributed by atoms with van der Waals surface area (Å²) in [6, 6.07) is 2.38. The quantitative estimate of drug-likeness (QED) is 0.373. The van der Waals surface area contributed by atoms with Crippen molar-refractivity contribution in [3.8, 4) is 0 Å². The van der Waals surface area contributed by atoms with E-state index in [-0.39, 0.29) is 5.84 Å². The maximum atomic E-state index is 8.98. The minimum absolute atomic E-state index is 0.123. The van der Waals surface area contributed by atoms with Gasteiger partial charge in [-0.1, -0.05) is 12.1 Å². The molecule has 110 valence electrons. The third kappa shape index (κ3) is 2.70. The first-order valence-electron chi connectivity index (χ1n) is 6.97. The molecule has 0 aliphatic carbocycles. The van der Waals surface area contributed by atoms with Crippen LogP contribution in [-0.2, 0) is 0 Å². The number of nitrogens with two attached hydrogens (primary N) is 1. The van der Waals surface area contributed by atoms with E-state index >= 15 is 0 Å². The Balaban J connectivity index is 2.36. The molecule has 3 N–H and O–H groups in total. The Morgan fingerprint density at radius 2 is 2.30 bits per heavy atom. The largest absolute Gasteiger partial charge is 0.409 e. The molecule has 2 rings (SSSR count). The van der Waals surface area contributed by atoms with Gasteiger partial charge in [-0.3, -0.25) is 4.90 Å². The lowest BCUT2D eigenvalue weighted by Crippen LogP contribution is -2.52. The van der Waals surface area contributed by atoms with Gasteiger partial charge in [0.25, 0.3) is 0 Å². The lowest BCUT2D eigenvalue weighted by molar-refractivity contribution is 0.213. The van der Waals surface area contributed by atoms with E-state index in [2.05, 4.69) is 33.9 Å². The zero-order valence-electron chi connectivity index (χ0n) is 12.4. The molecule has 0 amide bonds. The molecule has 0 spiro atoms. The van der Waals surface area contributed by atoms with E-state index in [0.717, 1.165) is 43.0 Å². The van der Waals surface area contributed by atoms with E-state index in [9.17, 15) is 0 Å². The van der Waals surface area contributed by atoms with E-state index in [1.807, 2.05) is 13.0 Å². The van der Waals surface area contributed by atoms with Gasteiger partial charge < -0.3 is 15.8 Å². The predicted octanol–water partition coefficient (Wildman–Crippen LogP) is 1.01. The summed E-state index contributed by atoms with van der Waals surface area (Å²) in [4.78, 5) is 9.06. The van der Waals surface area contributed by atoms with Crippen LogP contribution in [0.2, 0.25) is 0 Å². The van der Waals surface area contributed by atoms with Crippen LogP contribution in [0.4, 0.5) is 5.82 Å². The third-order valence-electron chi connectivity index (χ3n) is 4.05. The predicted molar refractivity (Wildman–Crippen MR) is 80.4 cm³/mol. The van der Waals surface area contributed by atoms with Crippen molar-refractivity contribution in [1.29, 1.82) is 0 Å². The van der Waals surface area contributed by atoms with Gasteiger partial charge in [-0.2, -0.15) is 0 Å². The summed E-state index contributed by atoms with van der Waals surface area (Å²) in [5.41, 5.74) is 7.52. The number of aryl methyl sites for hydroxylation is 1. The number of anilines is 1. The Bertz CT molecular complexity index is 502. The molecule has 1 aliphatic heterocycles. The summed E-state index contributed by atoms with van der Waals surface area (Å²) in [5.74, 6) is 0.935. The molecule has 0 bridgehead atoms. The molecule has 1 fully saturated rings. The molecule has 1 unspecified atom stereocenters. The monoisotopic (exact) mass is 277 g/mol. The molecular weight excluding hydrogens is 254 g/mol. The van der Waals surface area contributed by atoms with E-state index in [1.165, 1.54) is 0 Å². The summed E-state index contributed by atoms with van der Waals surface area (Å²) >= 11 is 0. The molecule has 0 aromatic carbocycles. The third-order valence-corrected chi connectivity index (χ3v) is 4.05. The van der Waals surface area contributed by atoms with Gasteiger partial charge in [-0.05, 0) is 32.0 Å². The van der Waals surface area contributed by atoms with Crippen LogP contribution < -0.4 is 10.6 Å². The molecule has 1 atom stereocenters. The lowest BCUT2D eigenvalue weighted by atomic mass is 10.1. The maximum absolute atomic E-state index is 8.98. The average Bonchev–Trinajstić information content (AvgIpc) is 2.46. The SMILES string of the molecule is CCC1CN(c2nccc(C)c2/C(N)=N/O)CCN1C. The van der Waals surface area contributed by atoms with Gasteiger partial charge >= 0.3 is 0 Å². The van der Waals surface area contributed by atoms with Crippen molar-refractivity contribution >= 4 is 11.7 Å². The first-order chi connectivity index (χ1) is 9.58. The zero-order valence-corrected chi connectivity index (χ0v) is 12.4. The van der Waals surface area contributed by atoms with Gasteiger partial charge in [0.15, 0.2) is 5.84 Å². The van der Waals surface area contributed by atoms with Gasteiger partial charge in [0.2, 0.25) is 0 Å². The number of aromatic nitrogens is 1. The van der Waals surface area contributed by atoms with Gasteiger partial charge in [0.1, 0.15) is 5.82 Å². The fourth-order valence-electron chi connectivity index (χ4n) is 2.73. The minimum Gasteiger partial charge on any atom is -0.409 e. The molecule has 1 aliphatic rings. The number of hydrogen-bond acceptors (Lipinski definition) is 5. The second kappa shape index (κ2) is 6.09. The fourth-order valence-corrected chi connectivity index (χ4v) is 2.73. The highest BCUT2D eigenvalue weighted by atomic mass is 16.4. The maximum Gasteiger partial charge on any atom is 0.174 e. The molecule has 6 heteroatoms. The first kappa shape index (κ1) is 14.6. The van der Waals surface area contributed by atoms with Gasteiger partial charge in [-0.25, -0.2) is 4.98 Å². The van der Waals surface area contributed by atoms with Crippen LogP contribution in [0.1, 0.15) is 24.5 Å². The van der Waals surface area contributed by atoms with Crippen LogP contribution in [-0.4, -0.2) is 53.7 Å². The number of rotatable bonds is 3. The number of pyridine rings is 1. The van der Waals surface area contributed by atoms with Crippen molar-refractivity contribution in [2.45, 2.75) is 26.3 Å². The van der Waals surface area contributed by atoms with Crippen molar-refractivity contribution in [1.82, 2.24) is 9.88 Å². The van der Waals surface area contributed by atoms with Gasteiger partial charge in [0.05, 0.1) is 5.56 Å². The average molecular weight is 277 g/mol. The molecule has 6 nitrogen and oxygen atoms in total. The van der Waals surface area contributed by atoms with Crippen LogP contribution in [0, 0.1) is 6.92 Å². The number of likely N-dealkylation sites (N-methyl/N-ethyl adjacent to an activating group) is 1. The molecule has 0 saturated carbocycles. The molecule has 0 radical (unpaired) electrons. The van der Waals surface area contributed by atoms with Crippen molar-refractivity contribution in [3.05, 3.63) is 23.4 Å². The van der Waals surface area contributed by atoms with Crippen molar-refractivity contribution in [2.75, 3.05) is 31.6 Å². The number of amidine groups is 1. The van der Waals surface area contributed by atoms with Crippen molar-refractivity contribution in [3.63, 3.8) is 0 Å². The van der Waals surface area contributed by atoms with Gasteiger partial charge in [-0.15, -0.1) is 0 Å². The Kier molecular flexibility index (Phi) is 4.44. The second-order valence-corrected chi connectivity index (χ2v) is 5.30. The molecule has 1 saturated heterocycles.